The number of nitriles is 1. The van der Waals surface area contributed by atoms with Crippen molar-refractivity contribution >= 4 is 29.3 Å². The molecule has 2 rings (SSSR count). The van der Waals surface area contributed by atoms with Crippen molar-refractivity contribution in [1.82, 2.24) is 9.78 Å². The van der Waals surface area contributed by atoms with E-state index in [1.165, 1.54) is 6.08 Å². The summed E-state index contributed by atoms with van der Waals surface area (Å²) in [5, 5.41) is 16.5. The smallest absolute Gasteiger partial charge is 0.266 e. The molecule has 5 nitrogen and oxygen atoms in total. The van der Waals surface area contributed by atoms with Crippen molar-refractivity contribution in [3.05, 3.63) is 52.3 Å². The maximum atomic E-state index is 12.1. The van der Waals surface area contributed by atoms with Gasteiger partial charge in [0.15, 0.2) is 0 Å². The molecule has 2 aromatic rings. The van der Waals surface area contributed by atoms with E-state index >= 15 is 0 Å². The highest BCUT2D eigenvalue weighted by Gasteiger charge is 2.11. The van der Waals surface area contributed by atoms with Gasteiger partial charge in [-0.05, 0) is 37.3 Å². The van der Waals surface area contributed by atoms with Crippen LogP contribution in [0.1, 0.15) is 11.3 Å². The molecule has 0 spiro atoms. The summed E-state index contributed by atoms with van der Waals surface area (Å²) < 4.78 is 1.68. The Morgan fingerprint density at radius 3 is 2.62 bits per heavy atom. The third kappa shape index (κ3) is 3.50. The van der Waals surface area contributed by atoms with Gasteiger partial charge in [-0.2, -0.15) is 10.4 Å². The molecule has 1 amide bonds. The lowest BCUT2D eigenvalue weighted by molar-refractivity contribution is -0.112. The first-order chi connectivity index (χ1) is 10.0. The molecule has 0 aliphatic carbocycles. The van der Waals surface area contributed by atoms with Crippen LogP contribution in [-0.4, -0.2) is 15.7 Å². The Morgan fingerprint density at radius 2 is 2.10 bits per heavy atom. The van der Waals surface area contributed by atoms with Gasteiger partial charge in [-0.1, -0.05) is 11.6 Å². The average Bonchev–Trinajstić information content (AvgIpc) is 2.78. The number of carbonyl (C=O) groups is 1. The molecule has 6 heteroatoms. The number of nitrogens with zero attached hydrogens (tertiary/aromatic N) is 3. The van der Waals surface area contributed by atoms with Crippen LogP contribution < -0.4 is 5.32 Å². The van der Waals surface area contributed by atoms with Gasteiger partial charge in [-0.3, -0.25) is 9.48 Å². The van der Waals surface area contributed by atoms with Crippen LogP contribution in [-0.2, 0) is 11.8 Å². The normalized spacial score (nSPS) is 11.0. The number of carbonyl (C=O) groups excluding carboxylic acids is 1. The Morgan fingerprint density at radius 1 is 1.43 bits per heavy atom. The SMILES string of the molecule is Cc1c(/C=C(\C#N)C(=O)Nc2ccc(Cl)cc2)cnn1C. The number of anilines is 1. The molecule has 0 atom stereocenters. The van der Waals surface area contributed by atoms with Crippen LogP contribution in [0.4, 0.5) is 5.69 Å². The monoisotopic (exact) mass is 300 g/mol. The molecule has 0 radical (unpaired) electrons. The highest BCUT2D eigenvalue weighted by Crippen LogP contribution is 2.16. The second kappa shape index (κ2) is 6.25. The minimum atomic E-state index is -0.469. The number of nitrogens with one attached hydrogen (secondary N) is 1. The van der Waals surface area contributed by atoms with Gasteiger partial charge in [0, 0.05) is 29.0 Å². The topological polar surface area (TPSA) is 70.7 Å². The summed E-state index contributed by atoms with van der Waals surface area (Å²) in [6.45, 7) is 1.87. The zero-order chi connectivity index (χ0) is 15.4. The lowest BCUT2D eigenvalue weighted by atomic mass is 10.1. The molecule has 0 fully saturated rings. The van der Waals surface area contributed by atoms with Crippen LogP contribution in [0.5, 0.6) is 0 Å². The number of rotatable bonds is 3. The number of benzene rings is 1. The van der Waals surface area contributed by atoms with Crippen molar-refractivity contribution in [2.45, 2.75) is 6.92 Å². The van der Waals surface area contributed by atoms with E-state index in [0.29, 0.717) is 10.7 Å². The lowest BCUT2D eigenvalue weighted by Gasteiger charge is -2.04. The molecule has 106 valence electrons. The number of aromatic nitrogens is 2. The molecule has 1 aromatic heterocycles. The van der Waals surface area contributed by atoms with Gasteiger partial charge in [0.2, 0.25) is 0 Å². The lowest BCUT2D eigenvalue weighted by Crippen LogP contribution is -2.13. The van der Waals surface area contributed by atoms with E-state index in [9.17, 15) is 4.79 Å². The molecule has 0 saturated carbocycles. The first kappa shape index (κ1) is 14.8. The number of hydrogen-bond donors (Lipinski definition) is 1. The molecule has 0 aliphatic heterocycles. The average molecular weight is 301 g/mol. The molecule has 1 aromatic carbocycles. The summed E-state index contributed by atoms with van der Waals surface area (Å²) in [4.78, 5) is 12.1. The number of hydrogen-bond acceptors (Lipinski definition) is 3. The Balaban J connectivity index is 2.21. The van der Waals surface area contributed by atoms with Crippen LogP contribution in [0.2, 0.25) is 5.02 Å². The van der Waals surface area contributed by atoms with Crippen LogP contribution in [0.15, 0.2) is 36.0 Å². The number of halogens is 1. The minimum absolute atomic E-state index is 0.0149. The first-order valence-electron chi connectivity index (χ1n) is 6.18. The van der Waals surface area contributed by atoms with E-state index in [-0.39, 0.29) is 5.57 Å². The van der Waals surface area contributed by atoms with Gasteiger partial charge >= 0.3 is 0 Å². The summed E-state index contributed by atoms with van der Waals surface area (Å²) in [6.07, 6.45) is 3.13. The minimum Gasteiger partial charge on any atom is -0.321 e. The Labute approximate surface area is 127 Å². The number of amides is 1. The highest BCUT2D eigenvalue weighted by atomic mass is 35.5. The molecule has 1 N–H and O–H groups in total. The van der Waals surface area contributed by atoms with Gasteiger partial charge in [0.1, 0.15) is 11.6 Å². The summed E-state index contributed by atoms with van der Waals surface area (Å²) >= 11 is 5.78. The highest BCUT2D eigenvalue weighted by molar-refractivity contribution is 6.30. The van der Waals surface area contributed by atoms with Crippen LogP contribution in [0, 0.1) is 18.3 Å². The van der Waals surface area contributed by atoms with Gasteiger partial charge in [0.25, 0.3) is 5.91 Å². The Bertz CT molecular complexity index is 738. The molecule has 0 saturated heterocycles. The van der Waals surface area contributed by atoms with Crippen molar-refractivity contribution in [2.75, 3.05) is 5.32 Å². The Hall–Kier alpha value is -2.58. The molecule has 0 bridgehead atoms. The van der Waals surface area contributed by atoms with E-state index in [0.717, 1.165) is 11.3 Å². The quantitative estimate of drug-likeness (QED) is 0.700. The maximum absolute atomic E-state index is 12.1. The van der Waals surface area contributed by atoms with E-state index in [4.69, 9.17) is 16.9 Å². The summed E-state index contributed by atoms with van der Waals surface area (Å²) in [5.74, 6) is -0.469. The van der Waals surface area contributed by atoms with E-state index in [1.54, 1.807) is 42.2 Å². The predicted octanol–water partition coefficient (Wildman–Crippen LogP) is 2.93. The van der Waals surface area contributed by atoms with Gasteiger partial charge in [-0.25, -0.2) is 0 Å². The van der Waals surface area contributed by atoms with Crippen molar-refractivity contribution in [3.8, 4) is 6.07 Å². The zero-order valence-electron chi connectivity index (χ0n) is 11.6. The van der Waals surface area contributed by atoms with Crippen molar-refractivity contribution in [3.63, 3.8) is 0 Å². The summed E-state index contributed by atoms with van der Waals surface area (Å²) in [5.41, 5.74) is 2.21. The fourth-order valence-electron chi connectivity index (χ4n) is 1.69. The van der Waals surface area contributed by atoms with Crippen molar-refractivity contribution in [1.29, 1.82) is 5.26 Å². The van der Waals surface area contributed by atoms with Crippen LogP contribution in [0.3, 0.4) is 0 Å². The second-order valence-corrected chi connectivity index (χ2v) is 4.88. The fraction of sp³-hybridized carbons (Fsp3) is 0.133. The number of aryl methyl sites for hydroxylation is 1. The molecule has 1 heterocycles. The van der Waals surface area contributed by atoms with Crippen molar-refractivity contribution < 1.29 is 4.79 Å². The summed E-state index contributed by atoms with van der Waals surface area (Å²) in [6, 6.07) is 8.58. The predicted molar refractivity (Wildman–Crippen MR) is 81.6 cm³/mol. The molecule has 21 heavy (non-hydrogen) atoms. The molecule has 0 unspecified atom stereocenters. The third-order valence-electron chi connectivity index (χ3n) is 3.04. The van der Waals surface area contributed by atoms with Crippen molar-refractivity contribution in [2.24, 2.45) is 7.05 Å². The van der Waals surface area contributed by atoms with E-state index < -0.39 is 5.91 Å². The fourth-order valence-corrected chi connectivity index (χ4v) is 1.82. The zero-order valence-corrected chi connectivity index (χ0v) is 12.3. The van der Waals surface area contributed by atoms with Crippen LogP contribution in [0.25, 0.3) is 6.08 Å². The standard InChI is InChI=1S/C15H13ClN4O/c1-10-12(9-18-20(10)2)7-11(8-17)15(21)19-14-5-3-13(16)4-6-14/h3-7,9H,1-2H3,(H,19,21)/b11-7+. The maximum Gasteiger partial charge on any atom is 0.266 e. The van der Waals surface area contributed by atoms with E-state index in [2.05, 4.69) is 10.4 Å². The summed E-state index contributed by atoms with van der Waals surface area (Å²) in [7, 11) is 1.80. The second-order valence-electron chi connectivity index (χ2n) is 4.44. The van der Waals surface area contributed by atoms with Gasteiger partial charge in [-0.15, -0.1) is 0 Å². The van der Waals surface area contributed by atoms with E-state index in [1.807, 2.05) is 13.0 Å². The third-order valence-corrected chi connectivity index (χ3v) is 3.29. The molecule has 0 aliphatic rings. The van der Waals surface area contributed by atoms with Gasteiger partial charge in [0.05, 0.1) is 6.20 Å². The molecular weight excluding hydrogens is 288 g/mol. The largest absolute Gasteiger partial charge is 0.321 e. The molecular formula is C15H13ClN4O. The first-order valence-corrected chi connectivity index (χ1v) is 6.56. The van der Waals surface area contributed by atoms with Crippen LogP contribution >= 0.6 is 11.6 Å². The Kier molecular flexibility index (Phi) is 4.41. The van der Waals surface area contributed by atoms with Gasteiger partial charge < -0.3 is 5.32 Å².